The van der Waals surface area contributed by atoms with Crippen LogP contribution >= 0.6 is 0 Å². The Morgan fingerprint density at radius 1 is 1.10 bits per heavy atom. The number of benzene rings is 1. The average Bonchev–Trinajstić information content (AvgIpc) is 3.07. The van der Waals surface area contributed by atoms with Crippen molar-refractivity contribution in [2.24, 2.45) is 11.7 Å². The maximum Gasteiger partial charge on any atom is 0.328 e. The van der Waals surface area contributed by atoms with Crippen molar-refractivity contribution in [3.05, 3.63) is 36.0 Å². The molecule has 0 aliphatic carbocycles. The molecular formula is C20H28N4O5. The van der Waals surface area contributed by atoms with Crippen LogP contribution in [-0.4, -0.2) is 57.7 Å². The molecule has 0 aliphatic heterocycles. The minimum atomic E-state index is -1.44. The topological polar surface area (TPSA) is 158 Å². The molecule has 3 unspecified atom stereocenters. The quantitative estimate of drug-likeness (QED) is 0.330. The fourth-order valence-electron chi connectivity index (χ4n) is 3.07. The fourth-order valence-corrected chi connectivity index (χ4v) is 3.07. The Kier molecular flexibility index (Phi) is 7.74. The van der Waals surface area contributed by atoms with Gasteiger partial charge in [-0.05, 0) is 30.4 Å². The van der Waals surface area contributed by atoms with Crippen LogP contribution in [0.1, 0.15) is 25.8 Å². The third kappa shape index (κ3) is 6.03. The number of rotatable bonds is 10. The minimum absolute atomic E-state index is 0.0632. The first-order chi connectivity index (χ1) is 13.7. The van der Waals surface area contributed by atoms with E-state index in [4.69, 9.17) is 15.9 Å². The molecule has 1 heterocycles. The van der Waals surface area contributed by atoms with Crippen molar-refractivity contribution >= 4 is 28.7 Å². The number of hydrogen-bond acceptors (Lipinski definition) is 5. The van der Waals surface area contributed by atoms with Gasteiger partial charge in [-0.15, -0.1) is 0 Å². The van der Waals surface area contributed by atoms with Crippen molar-refractivity contribution in [2.75, 3.05) is 6.61 Å². The molecule has 29 heavy (non-hydrogen) atoms. The summed E-state index contributed by atoms with van der Waals surface area (Å²) in [4.78, 5) is 39.2. The van der Waals surface area contributed by atoms with Gasteiger partial charge in [-0.25, -0.2) is 4.79 Å². The van der Waals surface area contributed by atoms with Crippen LogP contribution in [-0.2, 0) is 20.8 Å². The van der Waals surface area contributed by atoms with Gasteiger partial charge in [0.1, 0.15) is 12.1 Å². The molecule has 1 aromatic heterocycles. The van der Waals surface area contributed by atoms with Crippen molar-refractivity contribution in [1.82, 2.24) is 15.6 Å². The van der Waals surface area contributed by atoms with E-state index in [2.05, 4.69) is 15.6 Å². The van der Waals surface area contributed by atoms with Crippen molar-refractivity contribution in [3.63, 3.8) is 0 Å². The number of aromatic nitrogens is 1. The Morgan fingerprint density at radius 2 is 1.76 bits per heavy atom. The predicted octanol–water partition coefficient (Wildman–Crippen LogP) is 0.130. The summed E-state index contributed by atoms with van der Waals surface area (Å²) in [6.45, 7) is 3.00. The van der Waals surface area contributed by atoms with E-state index in [-0.39, 0.29) is 12.3 Å². The number of carbonyl (C=O) groups is 3. The van der Waals surface area contributed by atoms with Gasteiger partial charge in [-0.2, -0.15) is 0 Å². The molecule has 9 heteroatoms. The van der Waals surface area contributed by atoms with Crippen LogP contribution in [0.15, 0.2) is 30.5 Å². The molecule has 0 saturated carbocycles. The van der Waals surface area contributed by atoms with Crippen LogP contribution in [0.3, 0.4) is 0 Å². The number of aliphatic hydroxyl groups is 1. The Balaban J connectivity index is 2.06. The monoisotopic (exact) mass is 404 g/mol. The van der Waals surface area contributed by atoms with Gasteiger partial charge in [-0.3, -0.25) is 9.59 Å². The molecule has 0 spiro atoms. The Bertz CT molecular complexity index is 863. The summed E-state index contributed by atoms with van der Waals surface area (Å²) in [5.41, 5.74) is 7.89. The van der Waals surface area contributed by atoms with E-state index >= 15 is 0 Å². The van der Waals surface area contributed by atoms with Crippen LogP contribution in [0.4, 0.5) is 0 Å². The van der Waals surface area contributed by atoms with Gasteiger partial charge in [0.15, 0.2) is 0 Å². The molecule has 0 saturated heterocycles. The molecule has 2 amide bonds. The Morgan fingerprint density at radius 3 is 2.38 bits per heavy atom. The van der Waals surface area contributed by atoms with Crippen molar-refractivity contribution in [2.45, 2.75) is 44.8 Å². The smallest absolute Gasteiger partial charge is 0.328 e. The van der Waals surface area contributed by atoms with Crippen LogP contribution in [0.5, 0.6) is 0 Å². The van der Waals surface area contributed by atoms with Gasteiger partial charge in [-0.1, -0.05) is 32.0 Å². The molecule has 3 atom stereocenters. The maximum absolute atomic E-state index is 12.6. The second-order valence-electron chi connectivity index (χ2n) is 7.44. The molecule has 0 bridgehead atoms. The zero-order valence-electron chi connectivity index (χ0n) is 16.5. The Hall–Kier alpha value is -2.91. The first kappa shape index (κ1) is 22.4. The van der Waals surface area contributed by atoms with Crippen LogP contribution in [0.2, 0.25) is 0 Å². The number of carboxylic acid groups (broad SMARTS) is 1. The highest BCUT2D eigenvalue weighted by Gasteiger charge is 2.28. The van der Waals surface area contributed by atoms with Crippen LogP contribution in [0, 0.1) is 5.92 Å². The molecule has 2 aromatic rings. The lowest BCUT2D eigenvalue weighted by Gasteiger charge is -2.23. The second-order valence-corrected chi connectivity index (χ2v) is 7.44. The molecule has 0 radical (unpaired) electrons. The summed E-state index contributed by atoms with van der Waals surface area (Å²) in [6, 6.07) is 4.38. The molecule has 7 N–H and O–H groups in total. The molecular weight excluding hydrogens is 376 g/mol. The summed E-state index contributed by atoms with van der Waals surface area (Å²) in [6.07, 6.45) is 2.38. The highest BCUT2D eigenvalue weighted by molar-refractivity contribution is 5.92. The third-order valence-electron chi connectivity index (χ3n) is 4.59. The van der Waals surface area contributed by atoms with E-state index in [0.717, 1.165) is 16.5 Å². The standard InChI is InChI=1S/C20H28N4O5/c1-11(2)7-16(19(27)24-17(10-25)20(28)29)23-18(26)14(21)8-12-9-22-15-6-4-3-5-13(12)15/h3-6,9,11,14,16-17,22,25H,7-8,10,21H2,1-2H3,(H,23,26)(H,24,27)(H,28,29). The maximum atomic E-state index is 12.6. The number of amides is 2. The number of H-pyrrole nitrogens is 1. The SMILES string of the molecule is CC(C)CC(NC(=O)C(N)Cc1c[nH]c2ccccc12)C(=O)NC(CO)C(=O)O. The van der Waals surface area contributed by atoms with Gasteiger partial charge in [0.25, 0.3) is 0 Å². The number of hydrogen-bond donors (Lipinski definition) is 6. The highest BCUT2D eigenvalue weighted by Crippen LogP contribution is 2.18. The predicted molar refractivity (Wildman–Crippen MR) is 108 cm³/mol. The number of nitrogens with one attached hydrogen (secondary N) is 3. The molecule has 1 aromatic carbocycles. The van der Waals surface area contributed by atoms with Gasteiger partial charge in [0, 0.05) is 17.1 Å². The minimum Gasteiger partial charge on any atom is -0.480 e. The molecule has 0 aliphatic rings. The van der Waals surface area contributed by atoms with E-state index in [1.54, 1.807) is 6.20 Å². The first-order valence-corrected chi connectivity index (χ1v) is 9.47. The molecule has 2 rings (SSSR count). The summed E-state index contributed by atoms with van der Waals surface area (Å²) >= 11 is 0. The molecule has 9 nitrogen and oxygen atoms in total. The number of carbonyl (C=O) groups excluding carboxylic acids is 2. The molecule has 0 fully saturated rings. The van der Waals surface area contributed by atoms with Gasteiger partial charge in [0.2, 0.25) is 11.8 Å². The zero-order chi connectivity index (χ0) is 21.6. The summed E-state index contributed by atoms with van der Waals surface area (Å²) in [5.74, 6) is -2.47. The summed E-state index contributed by atoms with van der Waals surface area (Å²) < 4.78 is 0. The van der Waals surface area contributed by atoms with E-state index < -0.39 is 42.5 Å². The van der Waals surface area contributed by atoms with Gasteiger partial charge >= 0.3 is 5.97 Å². The second kappa shape index (κ2) is 10.0. The lowest BCUT2D eigenvalue weighted by Crippen LogP contribution is -2.55. The van der Waals surface area contributed by atoms with E-state index in [0.29, 0.717) is 6.42 Å². The van der Waals surface area contributed by atoms with Crippen molar-refractivity contribution in [1.29, 1.82) is 0 Å². The van der Waals surface area contributed by atoms with Crippen LogP contribution in [0.25, 0.3) is 10.9 Å². The largest absolute Gasteiger partial charge is 0.480 e. The van der Waals surface area contributed by atoms with Gasteiger partial charge in [0.05, 0.1) is 12.6 Å². The van der Waals surface area contributed by atoms with Crippen molar-refractivity contribution < 1.29 is 24.6 Å². The highest BCUT2D eigenvalue weighted by atomic mass is 16.4. The number of nitrogens with two attached hydrogens (primary N) is 1. The van der Waals surface area contributed by atoms with E-state index in [1.165, 1.54) is 0 Å². The zero-order valence-corrected chi connectivity index (χ0v) is 16.5. The summed E-state index contributed by atoms with van der Waals surface area (Å²) in [7, 11) is 0. The molecule has 158 valence electrons. The van der Waals surface area contributed by atoms with Crippen molar-refractivity contribution in [3.8, 4) is 0 Å². The van der Waals surface area contributed by atoms with E-state index in [9.17, 15) is 14.4 Å². The summed E-state index contributed by atoms with van der Waals surface area (Å²) in [5, 5.41) is 23.9. The number of carboxylic acids is 1. The number of aliphatic hydroxyl groups excluding tert-OH is 1. The average molecular weight is 404 g/mol. The van der Waals surface area contributed by atoms with E-state index in [1.807, 2.05) is 38.1 Å². The number of aliphatic carboxylic acids is 1. The fraction of sp³-hybridized carbons (Fsp3) is 0.450. The lowest BCUT2D eigenvalue weighted by molar-refractivity contribution is -0.143. The lowest BCUT2D eigenvalue weighted by atomic mass is 10.0. The first-order valence-electron chi connectivity index (χ1n) is 9.47. The number of fused-ring (bicyclic) bond motifs is 1. The third-order valence-corrected chi connectivity index (χ3v) is 4.59. The van der Waals surface area contributed by atoms with Crippen LogP contribution < -0.4 is 16.4 Å². The number of aromatic amines is 1. The van der Waals surface area contributed by atoms with Gasteiger partial charge < -0.3 is 31.6 Å². The number of para-hydroxylation sites is 1. The Labute approximate surface area is 168 Å². The normalized spacial score (nSPS) is 14.4.